The Morgan fingerprint density at radius 1 is 1.12 bits per heavy atom. The Balaban J connectivity index is 1.42. The van der Waals surface area contributed by atoms with Crippen LogP contribution in [0.3, 0.4) is 0 Å². The number of nitrogens with zero attached hydrogens (tertiary/aromatic N) is 1. The Bertz CT molecular complexity index is 735. The molecule has 2 aliphatic carbocycles. The number of hydrogen-bond donors (Lipinski definition) is 1. The number of nitrogens with one attached hydrogen (secondary N) is 1. The summed E-state index contributed by atoms with van der Waals surface area (Å²) in [7, 11) is 0. The maximum Gasteiger partial charge on any atom is 0.251 e. The molecule has 1 unspecified atom stereocenters. The Kier molecular flexibility index (Phi) is 5.39. The summed E-state index contributed by atoms with van der Waals surface area (Å²) >= 11 is 1.86. The van der Waals surface area contributed by atoms with E-state index in [0.29, 0.717) is 12.1 Å². The highest BCUT2D eigenvalue weighted by Gasteiger charge is 2.25. The molecule has 1 N–H and O–H groups in total. The minimum absolute atomic E-state index is 0.00789. The number of fused-ring (bicyclic) bond motifs is 1. The predicted molar refractivity (Wildman–Crippen MR) is 108 cm³/mol. The third kappa shape index (κ3) is 3.85. The summed E-state index contributed by atoms with van der Waals surface area (Å²) in [5, 5.41) is 3.95. The zero-order chi connectivity index (χ0) is 17.9. The van der Waals surface area contributed by atoms with Crippen molar-refractivity contribution >= 4 is 17.2 Å². The standard InChI is InChI=1S/C22H28N2OS/c1-2-23-21(25)17-8-10-18(11-9-17)22-24-19-12-6-16(7-13-20(19)26-22)14-15-4-3-5-15/h8-11,15-16H,2-7,12-14H2,1H3,(H,23,25). The van der Waals surface area contributed by atoms with Crippen LogP contribution in [0.4, 0.5) is 0 Å². The number of benzene rings is 1. The molecule has 2 aromatic rings. The maximum atomic E-state index is 11.9. The van der Waals surface area contributed by atoms with Crippen LogP contribution in [-0.4, -0.2) is 17.4 Å². The van der Waals surface area contributed by atoms with Crippen LogP contribution >= 0.6 is 11.3 Å². The molecule has 1 aromatic heterocycles. The van der Waals surface area contributed by atoms with Crippen molar-refractivity contribution in [2.75, 3.05) is 6.54 Å². The van der Waals surface area contributed by atoms with Gasteiger partial charge in [0.1, 0.15) is 5.01 Å². The first-order valence-electron chi connectivity index (χ1n) is 10.1. The molecule has 4 rings (SSSR count). The van der Waals surface area contributed by atoms with Crippen molar-refractivity contribution in [2.45, 2.75) is 58.3 Å². The lowest BCUT2D eigenvalue weighted by atomic mass is 9.77. The van der Waals surface area contributed by atoms with Crippen LogP contribution in [0.1, 0.15) is 66.4 Å². The smallest absolute Gasteiger partial charge is 0.251 e. The Morgan fingerprint density at radius 2 is 1.85 bits per heavy atom. The van der Waals surface area contributed by atoms with E-state index in [9.17, 15) is 4.79 Å². The number of carbonyl (C=O) groups is 1. The van der Waals surface area contributed by atoms with E-state index >= 15 is 0 Å². The molecule has 1 atom stereocenters. The molecule has 0 radical (unpaired) electrons. The quantitative estimate of drug-likeness (QED) is 0.733. The lowest BCUT2D eigenvalue weighted by molar-refractivity contribution is 0.0956. The highest BCUT2D eigenvalue weighted by molar-refractivity contribution is 7.15. The van der Waals surface area contributed by atoms with Crippen molar-refractivity contribution in [2.24, 2.45) is 11.8 Å². The normalized spacial score (nSPS) is 20.1. The number of aromatic nitrogens is 1. The van der Waals surface area contributed by atoms with Crippen molar-refractivity contribution in [3.63, 3.8) is 0 Å². The molecule has 0 saturated heterocycles. The van der Waals surface area contributed by atoms with E-state index in [-0.39, 0.29) is 5.91 Å². The molecule has 4 heteroatoms. The van der Waals surface area contributed by atoms with Crippen LogP contribution in [0.5, 0.6) is 0 Å². The molecule has 1 fully saturated rings. The summed E-state index contributed by atoms with van der Waals surface area (Å²) in [6, 6.07) is 7.87. The van der Waals surface area contributed by atoms with Crippen LogP contribution in [0.2, 0.25) is 0 Å². The Hall–Kier alpha value is -1.68. The zero-order valence-electron chi connectivity index (χ0n) is 15.6. The van der Waals surface area contributed by atoms with Crippen molar-refractivity contribution in [3.8, 4) is 10.6 Å². The Morgan fingerprint density at radius 3 is 2.54 bits per heavy atom. The molecular formula is C22H28N2OS. The van der Waals surface area contributed by atoms with E-state index in [1.807, 2.05) is 42.5 Å². The maximum absolute atomic E-state index is 11.9. The van der Waals surface area contributed by atoms with E-state index in [0.717, 1.165) is 28.8 Å². The monoisotopic (exact) mass is 368 g/mol. The fourth-order valence-corrected chi connectivity index (χ4v) is 5.31. The third-order valence-corrected chi connectivity index (χ3v) is 7.18. The minimum atomic E-state index is -0.00789. The first kappa shape index (κ1) is 17.7. The van der Waals surface area contributed by atoms with Crippen molar-refractivity contribution < 1.29 is 4.79 Å². The van der Waals surface area contributed by atoms with Gasteiger partial charge < -0.3 is 5.32 Å². The lowest BCUT2D eigenvalue weighted by Gasteiger charge is -2.29. The van der Waals surface area contributed by atoms with Gasteiger partial charge in [-0.3, -0.25) is 4.79 Å². The molecule has 0 spiro atoms. The first-order valence-corrected chi connectivity index (χ1v) is 10.9. The largest absolute Gasteiger partial charge is 0.352 e. The van der Waals surface area contributed by atoms with Gasteiger partial charge in [0.05, 0.1) is 5.69 Å². The molecule has 1 aromatic carbocycles. The molecule has 1 saturated carbocycles. The van der Waals surface area contributed by atoms with E-state index in [4.69, 9.17) is 4.98 Å². The number of carbonyl (C=O) groups excluding carboxylic acids is 1. The fraction of sp³-hybridized carbons (Fsp3) is 0.545. The number of amides is 1. The summed E-state index contributed by atoms with van der Waals surface area (Å²) < 4.78 is 0. The minimum Gasteiger partial charge on any atom is -0.352 e. The SMILES string of the molecule is CCNC(=O)c1ccc(-c2nc3c(s2)CCC(CC2CCC2)CC3)cc1. The molecule has 138 valence electrons. The van der Waals surface area contributed by atoms with Crippen LogP contribution in [0.15, 0.2) is 24.3 Å². The van der Waals surface area contributed by atoms with E-state index in [2.05, 4.69) is 5.32 Å². The van der Waals surface area contributed by atoms with E-state index < -0.39 is 0 Å². The van der Waals surface area contributed by atoms with Crippen molar-refractivity contribution in [1.29, 1.82) is 0 Å². The third-order valence-electron chi connectivity index (χ3n) is 5.97. The number of thiazole rings is 1. The lowest BCUT2D eigenvalue weighted by Crippen LogP contribution is -2.22. The Labute approximate surface area is 160 Å². The molecule has 3 nitrogen and oxygen atoms in total. The second kappa shape index (κ2) is 7.91. The number of rotatable bonds is 5. The van der Waals surface area contributed by atoms with Gasteiger partial charge >= 0.3 is 0 Å². The fourth-order valence-electron chi connectivity index (χ4n) is 4.18. The molecule has 1 heterocycles. The van der Waals surface area contributed by atoms with Gasteiger partial charge in [-0.1, -0.05) is 31.4 Å². The van der Waals surface area contributed by atoms with E-state index in [1.165, 1.54) is 55.5 Å². The van der Waals surface area contributed by atoms with Gasteiger partial charge in [0.25, 0.3) is 5.91 Å². The summed E-state index contributed by atoms with van der Waals surface area (Å²) in [5.41, 5.74) is 3.17. The highest BCUT2D eigenvalue weighted by atomic mass is 32.1. The van der Waals surface area contributed by atoms with Crippen LogP contribution in [0, 0.1) is 11.8 Å². The average Bonchev–Trinajstić information content (AvgIpc) is 2.94. The van der Waals surface area contributed by atoms with Gasteiger partial charge in [0.15, 0.2) is 0 Å². The van der Waals surface area contributed by atoms with Gasteiger partial charge in [-0.05, 0) is 63.0 Å². The molecule has 2 aliphatic rings. The molecule has 1 amide bonds. The van der Waals surface area contributed by atoms with Crippen LogP contribution < -0.4 is 5.32 Å². The van der Waals surface area contributed by atoms with Gasteiger partial charge in [-0.25, -0.2) is 4.98 Å². The predicted octanol–water partition coefficient (Wildman–Crippen LogP) is 5.25. The highest BCUT2D eigenvalue weighted by Crippen LogP contribution is 2.38. The van der Waals surface area contributed by atoms with E-state index in [1.54, 1.807) is 0 Å². The van der Waals surface area contributed by atoms with Crippen LogP contribution in [-0.2, 0) is 12.8 Å². The number of hydrogen-bond acceptors (Lipinski definition) is 3. The van der Waals surface area contributed by atoms with Gasteiger partial charge in [0.2, 0.25) is 0 Å². The topological polar surface area (TPSA) is 42.0 Å². The summed E-state index contributed by atoms with van der Waals surface area (Å²) in [6.45, 7) is 2.59. The molecule has 0 bridgehead atoms. The summed E-state index contributed by atoms with van der Waals surface area (Å²) in [5.74, 6) is 1.91. The average molecular weight is 369 g/mol. The number of aryl methyl sites for hydroxylation is 2. The van der Waals surface area contributed by atoms with Gasteiger partial charge in [0, 0.05) is 22.5 Å². The second-order valence-electron chi connectivity index (χ2n) is 7.80. The molecule has 26 heavy (non-hydrogen) atoms. The second-order valence-corrected chi connectivity index (χ2v) is 8.89. The zero-order valence-corrected chi connectivity index (χ0v) is 16.4. The first-order chi connectivity index (χ1) is 12.7. The van der Waals surface area contributed by atoms with Crippen molar-refractivity contribution in [1.82, 2.24) is 10.3 Å². The van der Waals surface area contributed by atoms with Gasteiger partial charge in [-0.2, -0.15) is 0 Å². The van der Waals surface area contributed by atoms with Crippen molar-refractivity contribution in [3.05, 3.63) is 40.4 Å². The van der Waals surface area contributed by atoms with Gasteiger partial charge in [-0.15, -0.1) is 11.3 Å². The molecular weight excluding hydrogens is 340 g/mol. The molecule has 0 aliphatic heterocycles. The summed E-state index contributed by atoms with van der Waals surface area (Å²) in [6.07, 6.45) is 10.8. The van der Waals surface area contributed by atoms with Crippen LogP contribution in [0.25, 0.3) is 10.6 Å². The summed E-state index contributed by atoms with van der Waals surface area (Å²) in [4.78, 5) is 18.3.